The number of carbonyl (C=O) groups excluding carboxylic acids is 3. The van der Waals surface area contributed by atoms with Crippen LogP contribution in [0.2, 0.25) is 0 Å². The van der Waals surface area contributed by atoms with Gasteiger partial charge >= 0.3 is 5.97 Å². The number of methoxy groups -OCH3 is 3. The van der Waals surface area contributed by atoms with Gasteiger partial charge in [0.25, 0.3) is 0 Å². The molecule has 4 rings (SSSR count). The van der Waals surface area contributed by atoms with Gasteiger partial charge in [-0.1, -0.05) is 11.8 Å². The zero-order valence-electron chi connectivity index (χ0n) is 21.1. The van der Waals surface area contributed by atoms with Crippen LogP contribution < -0.4 is 9.47 Å². The summed E-state index contributed by atoms with van der Waals surface area (Å²) in [7, 11) is 4.47. The summed E-state index contributed by atoms with van der Waals surface area (Å²) in [4.78, 5) is 47.9. The van der Waals surface area contributed by atoms with Gasteiger partial charge in [-0.2, -0.15) is 0 Å². The second-order valence-electron chi connectivity index (χ2n) is 8.56. The van der Waals surface area contributed by atoms with Crippen LogP contribution >= 0.6 is 11.8 Å². The molecule has 0 unspecified atom stereocenters. The van der Waals surface area contributed by atoms with Gasteiger partial charge in [0.1, 0.15) is 11.5 Å². The molecule has 1 atom stereocenters. The number of allylic oxidation sites excluding steroid dienone is 1. The molecular weight excluding hydrogens is 484 g/mol. The number of esters is 1. The van der Waals surface area contributed by atoms with Crippen LogP contribution in [0.25, 0.3) is 0 Å². The molecule has 192 valence electrons. The van der Waals surface area contributed by atoms with E-state index in [1.54, 1.807) is 43.1 Å². The van der Waals surface area contributed by atoms with E-state index in [0.29, 0.717) is 54.1 Å². The molecule has 10 nitrogen and oxygen atoms in total. The van der Waals surface area contributed by atoms with E-state index in [4.69, 9.17) is 14.2 Å². The van der Waals surface area contributed by atoms with Gasteiger partial charge in [-0.15, -0.1) is 0 Å². The normalized spacial score (nSPS) is 19.5. The van der Waals surface area contributed by atoms with Crippen LogP contribution in [-0.4, -0.2) is 85.2 Å². The van der Waals surface area contributed by atoms with Crippen molar-refractivity contribution in [3.05, 3.63) is 46.1 Å². The Balaban J connectivity index is 1.67. The van der Waals surface area contributed by atoms with E-state index >= 15 is 0 Å². The highest BCUT2D eigenvalue weighted by atomic mass is 32.2. The zero-order chi connectivity index (χ0) is 26.0. The number of amides is 2. The van der Waals surface area contributed by atoms with Gasteiger partial charge in [0.2, 0.25) is 11.8 Å². The summed E-state index contributed by atoms with van der Waals surface area (Å²) in [5.41, 5.74) is 2.38. The van der Waals surface area contributed by atoms with Crippen molar-refractivity contribution >= 4 is 34.7 Å². The molecule has 0 N–H and O–H groups in total. The van der Waals surface area contributed by atoms with Crippen molar-refractivity contribution in [2.45, 2.75) is 26.3 Å². The lowest BCUT2D eigenvalue weighted by atomic mass is 9.93. The van der Waals surface area contributed by atoms with Gasteiger partial charge in [-0.05, 0) is 24.5 Å². The first-order valence-electron chi connectivity index (χ1n) is 11.6. The van der Waals surface area contributed by atoms with Gasteiger partial charge in [0.15, 0.2) is 5.17 Å². The van der Waals surface area contributed by atoms with Crippen molar-refractivity contribution in [3.8, 4) is 11.5 Å². The van der Waals surface area contributed by atoms with Crippen molar-refractivity contribution < 1.29 is 28.6 Å². The number of hydrogen-bond acceptors (Lipinski definition) is 9. The first-order chi connectivity index (χ1) is 17.3. The lowest BCUT2D eigenvalue weighted by Crippen LogP contribution is -2.50. The second-order valence-corrected chi connectivity index (χ2v) is 9.39. The Morgan fingerprint density at radius 1 is 1.06 bits per heavy atom. The van der Waals surface area contributed by atoms with Crippen LogP contribution in [0.15, 0.2) is 45.6 Å². The number of ether oxygens (including phenoxy) is 3. The quantitative estimate of drug-likeness (QED) is 0.534. The second kappa shape index (κ2) is 10.7. The smallest absolute Gasteiger partial charge is 0.338 e. The van der Waals surface area contributed by atoms with E-state index in [-0.39, 0.29) is 18.2 Å². The third-order valence-electron chi connectivity index (χ3n) is 6.55. The van der Waals surface area contributed by atoms with E-state index in [1.165, 1.54) is 25.8 Å². The SMILES string of the molecule is COC(=O)C1=C(C)N=C2SC=C(CC(=O)N3CCN(C(C)=O)CC3)N2[C@H]1c1ccc(OC)cc1OC. The molecular formula is C25H30N4O6S. The molecule has 0 radical (unpaired) electrons. The number of fused-ring (bicyclic) bond motifs is 1. The standard InChI is InChI=1S/C25H30N4O6S/c1-15-22(24(32)35-5)23(19-7-6-18(33-3)13-20(19)34-4)29-17(14-36-25(29)26-15)12-21(31)28-10-8-27(9-11-28)16(2)30/h6-7,13-14,23H,8-12H2,1-5H3/t23-/m0/s1. The third-order valence-corrected chi connectivity index (χ3v) is 7.44. The number of benzene rings is 1. The first-order valence-corrected chi connectivity index (χ1v) is 12.4. The molecule has 3 aliphatic heterocycles. The molecule has 3 aliphatic rings. The number of nitrogens with zero attached hydrogens (tertiary/aromatic N) is 4. The number of piperazine rings is 1. The summed E-state index contributed by atoms with van der Waals surface area (Å²) < 4.78 is 16.2. The minimum absolute atomic E-state index is 0.0138. The number of rotatable bonds is 6. The largest absolute Gasteiger partial charge is 0.497 e. The Bertz CT molecular complexity index is 1170. The molecule has 0 aromatic heterocycles. The molecule has 11 heteroatoms. The molecule has 0 spiro atoms. The summed E-state index contributed by atoms with van der Waals surface area (Å²) >= 11 is 1.41. The summed E-state index contributed by atoms with van der Waals surface area (Å²) in [5, 5.41) is 2.58. The van der Waals surface area contributed by atoms with E-state index in [1.807, 2.05) is 16.4 Å². The molecule has 1 aromatic carbocycles. The highest BCUT2D eigenvalue weighted by Gasteiger charge is 2.42. The lowest BCUT2D eigenvalue weighted by Gasteiger charge is -2.38. The zero-order valence-corrected chi connectivity index (χ0v) is 21.9. The van der Waals surface area contributed by atoms with E-state index in [2.05, 4.69) is 4.99 Å². The van der Waals surface area contributed by atoms with Gasteiger partial charge in [-0.3, -0.25) is 9.59 Å². The Morgan fingerprint density at radius 3 is 2.36 bits per heavy atom. The van der Waals surface area contributed by atoms with E-state index in [0.717, 1.165) is 11.3 Å². The van der Waals surface area contributed by atoms with Crippen molar-refractivity contribution in [1.82, 2.24) is 14.7 Å². The van der Waals surface area contributed by atoms with Gasteiger partial charge < -0.3 is 28.9 Å². The van der Waals surface area contributed by atoms with Crippen LogP contribution in [0.5, 0.6) is 11.5 Å². The fraction of sp³-hybridized carbons (Fsp3) is 0.440. The fourth-order valence-corrected chi connectivity index (χ4v) is 5.58. The summed E-state index contributed by atoms with van der Waals surface area (Å²) in [6, 6.07) is 4.82. The molecule has 1 fully saturated rings. The predicted molar refractivity (Wildman–Crippen MR) is 135 cm³/mol. The molecule has 0 aliphatic carbocycles. The molecule has 1 aromatic rings. The number of hydrogen-bond donors (Lipinski definition) is 0. The lowest BCUT2D eigenvalue weighted by molar-refractivity contribution is -0.138. The Labute approximate surface area is 214 Å². The molecule has 0 bridgehead atoms. The summed E-state index contributed by atoms with van der Waals surface area (Å²) in [6.45, 7) is 5.33. The average molecular weight is 515 g/mol. The Kier molecular flexibility index (Phi) is 7.58. The minimum atomic E-state index is -0.602. The molecule has 3 heterocycles. The fourth-order valence-electron chi connectivity index (χ4n) is 4.62. The molecule has 36 heavy (non-hydrogen) atoms. The van der Waals surface area contributed by atoms with Crippen LogP contribution in [0.4, 0.5) is 0 Å². The predicted octanol–water partition coefficient (Wildman–Crippen LogP) is 2.53. The summed E-state index contributed by atoms with van der Waals surface area (Å²) in [5.74, 6) is 0.628. The van der Waals surface area contributed by atoms with Crippen LogP contribution in [0, 0.1) is 0 Å². The maximum absolute atomic E-state index is 13.3. The van der Waals surface area contributed by atoms with Crippen molar-refractivity contribution in [3.63, 3.8) is 0 Å². The minimum Gasteiger partial charge on any atom is -0.497 e. The number of carbonyl (C=O) groups is 3. The molecule has 2 amide bonds. The molecule has 1 saturated heterocycles. The van der Waals surface area contributed by atoms with E-state index < -0.39 is 12.0 Å². The first kappa shape index (κ1) is 25.6. The van der Waals surface area contributed by atoms with E-state index in [9.17, 15) is 14.4 Å². The molecule has 0 saturated carbocycles. The number of thioether (sulfide) groups is 1. The number of amidine groups is 1. The Hall–Kier alpha value is -3.47. The topological polar surface area (TPSA) is 101 Å². The Morgan fingerprint density at radius 2 is 1.75 bits per heavy atom. The average Bonchev–Trinajstić information content (AvgIpc) is 3.28. The highest BCUT2D eigenvalue weighted by Crippen LogP contribution is 2.47. The van der Waals surface area contributed by atoms with Crippen LogP contribution in [0.1, 0.15) is 31.9 Å². The highest BCUT2D eigenvalue weighted by molar-refractivity contribution is 8.16. The van der Waals surface area contributed by atoms with Crippen molar-refractivity contribution in [2.24, 2.45) is 4.99 Å². The maximum Gasteiger partial charge on any atom is 0.338 e. The summed E-state index contributed by atoms with van der Waals surface area (Å²) in [6.07, 6.45) is 0.133. The van der Waals surface area contributed by atoms with Crippen molar-refractivity contribution in [2.75, 3.05) is 47.5 Å². The van der Waals surface area contributed by atoms with Gasteiger partial charge in [-0.25, -0.2) is 9.79 Å². The third kappa shape index (κ3) is 4.79. The van der Waals surface area contributed by atoms with Crippen LogP contribution in [0.3, 0.4) is 0 Å². The van der Waals surface area contributed by atoms with Crippen molar-refractivity contribution in [1.29, 1.82) is 0 Å². The van der Waals surface area contributed by atoms with Crippen LogP contribution in [-0.2, 0) is 19.1 Å². The monoisotopic (exact) mass is 514 g/mol. The number of aliphatic imine (C=N–C) groups is 1. The van der Waals surface area contributed by atoms with Gasteiger partial charge in [0, 0.05) is 50.4 Å². The maximum atomic E-state index is 13.3. The van der Waals surface area contributed by atoms with Gasteiger partial charge in [0.05, 0.1) is 45.1 Å².